The second kappa shape index (κ2) is 7.69. The molecule has 1 rings (SSSR count). The van der Waals surface area contributed by atoms with Gasteiger partial charge in [0.15, 0.2) is 0 Å². The second-order valence-electron chi connectivity index (χ2n) is 4.79. The second-order valence-corrected chi connectivity index (χ2v) is 4.79. The van der Waals surface area contributed by atoms with Gasteiger partial charge in [-0.05, 0) is 17.9 Å². The lowest BCUT2D eigenvalue weighted by Crippen LogP contribution is -2.49. The molecule has 0 unspecified atom stereocenters. The highest BCUT2D eigenvalue weighted by molar-refractivity contribution is 5.84. The summed E-state index contributed by atoms with van der Waals surface area (Å²) in [5, 5.41) is 2.65. The number of hydrogen-bond donors (Lipinski definition) is 2. The fourth-order valence-corrected chi connectivity index (χ4v) is 1.74. The smallest absolute Gasteiger partial charge is 0.237 e. The first-order chi connectivity index (χ1) is 9.08. The lowest BCUT2D eigenvalue weighted by molar-refractivity contribution is -0.122. The first-order valence-corrected chi connectivity index (χ1v) is 6.56. The monoisotopic (exact) mass is 261 g/mol. The molecule has 1 amide bonds. The van der Waals surface area contributed by atoms with Crippen molar-refractivity contribution in [3.8, 4) is 0 Å². The maximum atomic E-state index is 11.9. The highest BCUT2D eigenvalue weighted by Gasteiger charge is 2.22. The molecule has 0 bridgehead atoms. The van der Waals surface area contributed by atoms with E-state index in [1.165, 1.54) is 0 Å². The van der Waals surface area contributed by atoms with Crippen LogP contribution in [0.1, 0.15) is 25.8 Å². The third-order valence-electron chi connectivity index (χ3n) is 3.27. The Morgan fingerprint density at radius 1 is 1.37 bits per heavy atom. The predicted molar refractivity (Wildman–Crippen MR) is 75.2 cm³/mol. The Labute approximate surface area is 114 Å². The Kier molecular flexibility index (Phi) is 6.22. The number of nitrogens with two attached hydrogens (primary N) is 1. The number of nitrogens with one attached hydrogen (secondary N) is 1. The van der Waals surface area contributed by atoms with Gasteiger partial charge in [-0.3, -0.25) is 9.59 Å². The maximum Gasteiger partial charge on any atom is 0.237 e. The molecule has 0 saturated carbocycles. The molecule has 0 aromatic heterocycles. The molecule has 3 atom stereocenters. The molecule has 0 aliphatic rings. The van der Waals surface area contributed by atoms with Crippen molar-refractivity contribution in [3.05, 3.63) is 35.9 Å². The number of carbonyl (C=O) groups is 1. The van der Waals surface area contributed by atoms with Crippen LogP contribution in [0.15, 0.2) is 30.3 Å². The molecular weight excluding hydrogens is 240 g/mol. The Balaban J connectivity index is 2.55. The van der Waals surface area contributed by atoms with Crippen LogP contribution in [0.25, 0.3) is 0 Å². The van der Waals surface area contributed by atoms with E-state index in [2.05, 4.69) is 5.32 Å². The maximum absolute atomic E-state index is 11.9. The third-order valence-corrected chi connectivity index (χ3v) is 3.27. The molecule has 1 aromatic rings. The van der Waals surface area contributed by atoms with E-state index in [0.717, 1.165) is 12.0 Å². The van der Waals surface area contributed by atoms with Gasteiger partial charge in [0.2, 0.25) is 12.2 Å². The van der Waals surface area contributed by atoms with Gasteiger partial charge in [-0.15, -0.1) is 0 Å². The summed E-state index contributed by atoms with van der Waals surface area (Å²) in [6, 6.07) is 8.33. The van der Waals surface area contributed by atoms with Crippen molar-refractivity contribution in [2.75, 3.05) is 0 Å². The molecule has 0 aliphatic carbocycles. The summed E-state index contributed by atoms with van der Waals surface area (Å²) in [6.45, 7) is 3.86. The van der Waals surface area contributed by atoms with Gasteiger partial charge in [0.25, 0.3) is 0 Å². The zero-order chi connectivity index (χ0) is 14.3. The van der Waals surface area contributed by atoms with Gasteiger partial charge < -0.3 is 11.1 Å². The van der Waals surface area contributed by atoms with E-state index in [4.69, 9.17) is 5.73 Å². The normalized spacial score (nSPS) is 15.3. The van der Waals surface area contributed by atoms with E-state index in [0.29, 0.717) is 6.42 Å². The zero-order valence-electron chi connectivity index (χ0n) is 11.4. The van der Waals surface area contributed by atoms with Gasteiger partial charge >= 0.3 is 0 Å². The molecule has 4 nitrogen and oxygen atoms in total. The Morgan fingerprint density at radius 2 is 2.00 bits per heavy atom. The van der Waals surface area contributed by atoms with Gasteiger partial charge in [-0.25, -0.2) is 0 Å². The van der Waals surface area contributed by atoms with Crippen molar-refractivity contribution >= 4 is 12.2 Å². The minimum absolute atomic E-state index is 0.0605. The number of hydrogen-bond acceptors (Lipinski definition) is 3. The number of benzene rings is 1. The van der Waals surface area contributed by atoms with E-state index < -0.39 is 12.1 Å². The van der Waals surface area contributed by atoms with Crippen molar-refractivity contribution in [1.82, 2.24) is 5.32 Å². The summed E-state index contributed by atoms with van der Waals surface area (Å²) >= 11 is 0. The van der Waals surface area contributed by atoms with E-state index >= 15 is 0 Å². The summed E-state index contributed by atoms with van der Waals surface area (Å²) in [4.78, 5) is 22.8. The Hall–Kier alpha value is -1.68. The van der Waals surface area contributed by atoms with Crippen LogP contribution in [-0.4, -0.2) is 24.3 Å². The molecule has 103 valence electrons. The summed E-state index contributed by atoms with van der Waals surface area (Å²) < 4.78 is 0. The van der Waals surface area contributed by atoms with Gasteiger partial charge in [0.1, 0.15) is 0 Å². The van der Waals surface area contributed by atoms with E-state index in [1.54, 1.807) is 0 Å². The zero-order valence-corrected chi connectivity index (χ0v) is 11.4. The largest absolute Gasteiger partial charge is 0.344 e. The molecule has 0 spiro atoms. The van der Waals surface area contributed by atoms with Gasteiger partial charge in [-0.2, -0.15) is 0 Å². The van der Waals surface area contributed by atoms with Crippen LogP contribution in [0.2, 0.25) is 0 Å². The van der Waals surface area contributed by atoms with Crippen LogP contribution in [0, 0.1) is 5.92 Å². The van der Waals surface area contributed by atoms with Crippen LogP contribution < -0.4 is 11.1 Å². The third kappa shape index (κ3) is 4.83. The van der Waals surface area contributed by atoms with Crippen molar-refractivity contribution in [3.63, 3.8) is 0 Å². The summed E-state index contributed by atoms with van der Waals surface area (Å²) in [5.74, 6) is -0.247. The molecule has 0 saturated heterocycles. The number of amides is 1. The van der Waals surface area contributed by atoms with Crippen LogP contribution >= 0.6 is 0 Å². The molecule has 0 fully saturated rings. The molecule has 1 radical (unpaired) electrons. The highest BCUT2D eigenvalue weighted by atomic mass is 16.2. The fraction of sp³-hybridized carbons (Fsp3) is 0.467. The Morgan fingerprint density at radius 3 is 2.53 bits per heavy atom. The molecule has 0 heterocycles. The molecule has 3 N–H and O–H groups in total. The van der Waals surface area contributed by atoms with Crippen LogP contribution in [0.5, 0.6) is 0 Å². The highest BCUT2D eigenvalue weighted by Crippen LogP contribution is 2.07. The van der Waals surface area contributed by atoms with Crippen LogP contribution in [0.3, 0.4) is 0 Å². The topological polar surface area (TPSA) is 72.2 Å². The standard InChI is InChI=1S/C15H21N2O2/c1-3-11(2)14(10-18)17-15(19)13(16)9-12-7-5-4-6-8-12/h4-8,11,13-14H,3,9,16H2,1-2H3,(H,17,19)/t11-,13-,14+/m0/s1. The van der Waals surface area contributed by atoms with Crippen molar-refractivity contribution in [2.45, 2.75) is 38.8 Å². The van der Waals surface area contributed by atoms with E-state index in [9.17, 15) is 9.59 Å². The Bertz CT molecular complexity index is 406. The van der Waals surface area contributed by atoms with Gasteiger partial charge in [0, 0.05) is 0 Å². The fourth-order valence-electron chi connectivity index (χ4n) is 1.74. The van der Waals surface area contributed by atoms with Crippen LogP contribution in [-0.2, 0) is 16.0 Å². The quantitative estimate of drug-likeness (QED) is 0.774. The first kappa shape index (κ1) is 15.4. The van der Waals surface area contributed by atoms with E-state index in [1.807, 2.05) is 50.5 Å². The lowest BCUT2D eigenvalue weighted by atomic mass is 9.99. The summed E-state index contributed by atoms with van der Waals surface area (Å²) in [6.07, 6.45) is 3.12. The number of rotatable bonds is 7. The molecule has 1 aromatic carbocycles. The molecule has 4 heteroatoms. The average Bonchev–Trinajstić information content (AvgIpc) is 2.44. The first-order valence-electron chi connectivity index (χ1n) is 6.56. The SMILES string of the molecule is CC[C@H](C)[C@@H]([C]=O)NC(=O)[C@@H](N)Cc1ccccc1. The minimum atomic E-state index is -0.651. The molecular formula is C15H21N2O2. The molecule has 0 aliphatic heterocycles. The average molecular weight is 261 g/mol. The van der Waals surface area contributed by atoms with Crippen molar-refractivity contribution < 1.29 is 9.59 Å². The summed E-state index contributed by atoms with van der Waals surface area (Å²) in [7, 11) is 0. The van der Waals surface area contributed by atoms with Crippen molar-refractivity contribution in [2.24, 2.45) is 11.7 Å². The molecule has 19 heavy (non-hydrogen) atoms. The lowest BCUT2D eigenvalue weighted by Gasteiger charge is -2.20. The number of carbonyl (C=O) groups excluding carboxylic acids is 2. The van der Waals surface area contributed by atoms with Gasteiger partial charge in [-0.1, -0.05) is 50.6 Å². The minimum Gasteiger partial charge on any atom is -0.344 e. The summed E-state index contributed by atoms with van der Waals surface area (Å²) in [5.41, 5.74) is 6.85. The van der Waals surface area contributed by atoms with E-state index in [-0.39, 0.29) is 11.8 Å². The predicted octanol–water partition coefficient (Wildman–Crippen LogP) is 1.20. The van der Waals surface area contributed by atoms with Crippen LogP contribution in [0.4, 0.5) is 0 Å². The van der Waals surface area contributed by atoms with Gasteiger partial charge in [0.05, 0.1) is 12.1 Å². The van der Waals surface area contributed by atoms with Crippen molar-refractivity contribution in [1.29, 1.82) is 0 Å².